The quantitative estimate of drug-likeness (QED) is 0.424. The molecule has 5 aromatic rings. The van der Waals surface area contributed by atoms with E-state index in [4.69, 9.17) is 14.1 Å². The van der Waals surface area contributed by atoms with Crippen LogP contribution in [0.5, 0.6) is 5.75 Å². The number of rotatable bonds is 4. The van der Waals surface area contributed by atoms with Crippen LogP contribution in [0.15, 0.2) is 65.6 Å². The smallest absolute Gasteiger partial charge is 0.312 e. The Labute approximate surface area is 200 Å². The fourth-order valence-electron chi connectivity index (χ4n) is 4.48. The normalized spacial score (nSPS) is 17.4. The lowest BCUT2D eigenvalue weighted by Gasteiger charge is -2.36. The van der Waals surface area contributed by atoms with Gasteiger partial charge in [-0.05, 0) is 23.6 Å². The van der Waals surface area contributed by atoms with Gasteiger partial charge in [0.1, 0.15) is 17.5 Å². The Kier molecular flexibility index (Phi) is 4.98. The largest absolute Gasteiger partial charge is 0.495 e. The van der Waals surface area contributed by atoms with Gasteiger partial charge in [-0.15, -0.1) is 10.2 Å². The number of benzene rings is 1. The zero-order valence-corrected chi connectivity index (χ0v) is 19.0. The Morgan fingerprint density at radius 2 is 1.94 bits per heavy atom. The van der Waals surface area contributed by atoms with Crippen molar-refractivity contribution in [1.82, 2.24) is 35.0 Å². The Morgan fingerprint density at radius 3 is 2.74 bits per heavy atom. The summed E-state index contributed by atoms with van der Waals surface area (Å²) in [5, 5.41) is 10.1. The van der Waals surface area contributed by atoms with E-state index in [2.05, 4.69) is 25.1 Å². The molecule has 5 heterocycles. The molecule has 4 aromatic heterocycles. The van der Waals surface area contributed by atoms with Crippen molar-refractivity contribution in [2.24, 2.45) is 0 Å². The minimum absolute atomic E-state index is 0.0406. The molecule has 0 bridgehead atoms. The summed E-state index contributed by atoms with van der Waals surface area (Å²) in [5.41, 5.74) is 2.92. The predicted molar refractivity (Wildman–Crippen MR) is 126 cm³/mol. The highest BCUT2D eigenvalue weighted by Crippen LogP contribution is 2.38. The molecule has 0 saturated heterocycles. The summed E-state index contributed by atoms with van der Waals surface area (Å²) in [6.07, 6.45) is 5.02. The number of nitrogens with one attached hydrogen (secondary N) is 1. The number of nitrogens with zero attached hydrogens (tertiary/aromatic N) is 6. The molecule has 1 aliphatic heterocycles. The number of hydrogen-bond donors (Lipinski definition) is 1. The van der Waals surface area contributed by atoms with Crippen LogP contribution in [0.2, 0.25) is 0 Å². The van der Waals surface area contributed by atoms with E-state index < -0.39 is 11.9 Å². The summed E-state index contributed by atoms with van der Waals surface area (Å²) in [6.45, 7) is 2.48. The number of carbonyl (C=O) groups excluding carboxylic acids is 1. The van der Waals surface area contributed by atoms with E-state index in [0.29, 0.717) is 23.7 Å². The Morgan fingerprint density at radius 1 is 1.09 bits per heavy atom. The van der Waals surface area contributed by atoms with E-state index in [-0.39, 0.29) is 17.7 Å². The lowest BCUT2D eigenvalue weighted by Crippen LogP contribution is -2.42. The van der Waals surface area contributed by atoms with Gasteiger partial charge in [-0.1, -0.05) is 31.2 Å². The van der Waals surface area contributed by atoms with Crippen LogP contribution in [0.3, 0.4) is 0 Å². The van der Waals surface area contributed by atoms with Crippen molar-refractivity contribution >= 4 is 16.7 Å². The predicted octanol–water partition coefficient (Wildman–Crippen LogP) is 3.76. The number of aromatic amines is 1. The molecular formula is C25H21N7O3. The molecule has 10 nitrogen and oxygen atoms in total. The number of amides is 1. The molecule has 0 aliphatic carbocycles. The molecule has 6 rings (SSSR count). The molecule has 1 aromatic carbocycles. The number of fused-ring (bicyclic) bond motifs is 2. The van der Waals surface area contributed by atoms with Crippen molar-refractivity contribution < 1.29 is 13.9 Å². The topological polar surface area (TPSA) is 123 Å². The number of hydrogen-bond acceptors (Lipinski definition) is 8. The second-order valence-electron chi connectivity index (χ2n) is 8.41. The zero-order valence-electron chi connectivity index (χ0n) is 19.0. The first-order valence-electron chi connectivity index (χ1n) is 11.1. The Bertz CT molecular complexity index is 1530. The fourth-order valence-corrected chi connectivity index (χ4v) is 4.48. The molecule has 1 aliphatic rings. The van der Waals surface area contributed by atoms with Crippen molar-refractivity contribution in [3.05, 3.63) is 84.2 Å². The molecule has 2 atom stereocenters. The summed E-state index contributed by atoms with van der Waals surface area (Å²) < 4.78 is 10.9. The van der Waals surface area contributed by atoms with Gasteiger partial charge in [0.05, 0.1) is 31.0 Å². The van der Waals surface area contributed by atoms with Gasteiger partial charge in [-0.25, -0.2) is 9.97 Å². The number of pyridine rings is 2. The van der Waals surface area contributed by atoms with E-state index in [0.717, 1.165) is 22.2 Å². The van der Waals surface area contributed by atoms with Gasteiger partial charge in [0.25, 0.3) is 5.89 Å². The van der Waals surface area contributed by atoms with Crippen molar-refractivity contribution in [2.75, 3.05) is 13.7 Å². The second kappa shape index (κ2) is 8.32. The minimum atomic E-state index is -0.501. The Hall–Kier alpha value is -4.60. The third-order valence-electron chi connectivity index (χ3n) is 6.23. The van der Waals surface area contributed by atoms with Crippen LogP contribution < -0.4 is 4.74 Å². The fraction of sp³-hybridized carbons (Fsp3) is 0.200. The van der Waals surface area contributed by atoms with Crippen LogP contribution in [-0.4, -0.2) is 54.6 Å². The molecule has 1 amide bonds. The summed E-state index contributed by atoms with van der Waals surface area (Å²) >= 11 is 0. The average molecular weight is 467 g/mol. The maximum absolute atomic E-state index is 13.7. The molecule has 0 unspecified atom stereocenters. The number of ether oxygens (including phenoxy) is 1. The molecule has 0 fully saturated rings. The number of imidazole rings is 1. The monoisotopic (exact) mass is 467 g/mol. The van der Waals surface area contributed by atoms with E-state index in [1.165, 1.54) is 0 Å². The van der Waals surface area contributed by atoms with Crippen LogP contribution in [0.25, 0.3) is 22.4 Å². The summed E-state index contributed by atoms with van der Waals surface area (Å²) in [4.78, 5) is 32.1. The molecule has 1 N–H and O–H groups in total. The number of aromatic nitrogens is 6. The maximum atomic E-state index is 13.7. The van der Waals surface area contributed by atoms with E-state index in [1.54, 1.807) is 36.7 Å². The van der Waals surface area contributed by atoms with Crippen LogP contribution >= 0.6 is 0 Å². The van der Waals surface area contributed by atoms with Gasteiger partial charge in [0.15, 0.2) is 0 Å². The van der Waals surface area contributed by atoms with Gasteiger partial charge in [0.2, 0.25) is 0 Å². The van der Waals surface area contributed by atoms with Crippen molar-refractivity contribution in [3.63, 3.8) is 0 Å². The number of methoxy groups -OCH3 is 1. The maximum Gasteiger partial charge on any atom is 0.312 e. The Balaban J connectivity index is 1.39. The van der Waals surface area contributed by atoms with Gasteiger partial charge >= 0.3 is 11.8 Å². The molecule has 0 radical (unpaired) electrons. The molecule has 174 valence electrons. The average Bonchev–Trinajstić information content (AvgIpc) is 3.59. The van der Waals surface area contributed by atoms with Crippen LogP contribution in [0.4, 0.5) is 0 Å². The lowest BCUT2D eigenvalue weighted by molar-refractivity contribution is 0.0629. The van der Waals surface area contributed by atoms with Crippen molar-refractivity contribution in [1.29, 1.82) is 0 Å². The third kappa shape index (κ3) is 3.59. The van der Waals surface area contributed by atoms with Crippen LogP contribution in [0.1, 0.15) is 46.7 Å². The minimum Gasteiger partial charge on any atom is -0.495 e. The first-order chi connectivity index (χ1) is 17.1. The first-order valence-corrected chi connectivity index (χ1v) is 11.1. The van der Waals surface area contributed by atoms with Crippen LogP contribution in [-0.2, 0) is 0 Å². The molecular weight excluding hydrogens is 446 g/mol. The molecule has 10 heteroatoms. The second-order valence-corrected chi connectivity index (χ2v) is 8.41. The highest BCUT2D eigenvalue weighted by Gasteiger charge is 2.40. The van der Waals surface area contributed by atoms with Gasteiger partial charge in [-0.2, -0.15) is 0 Å². The van der Waals surface area contributed by atoms with Gasteiger partial charge < -0.3 is 19.0 Å². The van der Waals surface area contributed by atoms with Crippen LogP contribution in [0, 0.1) is 0 Å². The summed E-state index contributed by atoms with van der Waals surface area (Å²) in [7, 11) is 1.56. The van der Waals surface area contributed by atoms with Gasteiger partial charge in [-0.3, -0.25) is 9.78 Å². The van der Waals surface area contributed by atoms with E-state index in [1.807, 2.05) is 43.5 Å². The molecule has 0 saturated carbocycles. The van der Waals surface area contributed by atoms with E-state index in [9.17, 15) is 4.79 Å². The standard InChI is InChI=1S/C25H21N7O3/c1-14-12-32(25(33)24-31-30-23(35-24)18-8-7-17(34-2)11-27-18)22(21-20(14)28-13-29-21)19-9-15-5-3-4-6-16(15)10-26-19/h3-11,13-14,22H,12H2,1-2H3,(H,28,29)/t14-,22+/m1/s1. The summed E-state index contributed by atoms with van der Waals surface area (Å²) in [6, 6.07) is 12.9. The number of H-pyrrole nitrogens is 1. The first kappa shape index (κ1) is 21.0. The lowest BCUT2D eigenvalue weighted by atomic mass is 9.92. The zero-order chi connectivity index (χ0) is 23.9. The third-order valence-corrected chi connectivity index (χ3v) is 6.23. The number of carbonyl (C=O) groups is 1. The molecule has 0 spiro atoms. The van der Waals surface area contributed by atoms with E-state index >= 15 is 0 Å². The van der Waals surface area contributed by atoms with Crippen molar-refractivity contribution in [2.45, 2.75) is 18.9 Å². The SMILES string of the molecule is COc1ccc(-c2nnc(C(=O)N3C[C@@H](C)c4[nH]cnc4[C@@H]3c3cc4ccccc4cn3)o2)nc1. The highest BCUT2D eigenvalue weighted by atomic mass is 16.5. The van der Waals surface area contributed by atoms with Crippen molar-refractivity contribution in [3.8, 4) is 17.3 Å². The van der Waals surface area contributed by atoms with Gasteiger partial charge in [0, 0.05) is 29.7 Å². The highest BCUT2D eigenvalue weighted by molar-refractivity contribution is 5.91. The molecule has 35 heavy (non-hydrogen) atoms. The summed E-state index contributed by atoms with van der Waals surface area (Å²) in [5.74, 6) is 0.292.